The van der Waals surface area contributed by atoms with Crippen LogP contribution in [0.15, 0.2) is 42.6 Å². The fourth-order valence-corrected chi connectivity index (χ4v) is 1.63. The van der Waals surface area contributed by atoms with Crippen LogP contribution in [0.5, 0.6) is 0 Å². The fourth-order valence-electron chi connectivity index (χ4n) is 1.34. The lowest BCUT2D eigenvalue weighted by Crippen LogP contribution is -1.85. The number of benzene rings is 1. The van der Waals surface area contributed by atoms with Crippen molar-refractivity contribution >= 4 is 23.2 Å². The predicted molar refractivity (Wildman–Crippen MR) is 64.2 cm³/mol. The van der Waals surface area contributed by atoms with E-state index in [0.717, 1.165) is 21.8 Å². The van der Waals surface area contributed by atoms with E-state index in [1.807, 2.05) is 36.4 Å². The Labute approximate surface area is 98.7 Å². The molecule has 0 unspecified atom stereocenters. The minimum absolute atomic E-state index is 0.503. The highest BCUT2D eigenvalue weighted by Gasteiger charge is 2.00. The molecule has 0 aliphatic rings. The van der Waals surface area contributed by atoms with E-state index in [-0.39, 0.29) is 0 Å². The third-order valence-electron chi connectivity index (χ3n) is 2.12. The summed E-state index contributed by atoms with van der Waals surface area (Å²) in [4.78, 5) is 4.29. The van der Waals surface area contributed by atoms with Crippen LogP contribution >= 0.6 is 23.2 Å². The van der Waals surface area contributed by atoms with Crippen molar-refractivity contribution < 1.29 is 0 Å². The zero-order valence-corrected chi connectivity index (χ0v) is 9.46. The molecule has 0 saturated heterocycles. The summed E-state index contributed by atoms with van der Waals surface area (Å²) in [7, 11) is 0. The zero-order chi connectivity index (χ0) is 10.7. The molecule has 1 aromatic carbocycles. The molecule has 1 heterocycles. The van der Waals surface area contributed by atoms with Gasteiger partial charge in [-0.15, -0.1) is 11.6 Å². The SMILES string of the molecule is ClCc1ccnc(-c2ccc(Cl)cc2)c1. The van der Waals surface area contributed by atoms with Gasteiger partial charge in [-0.25, -0.2) is 0 Å². The first-order valence-corrected chi connectivity index (χ1v) is 5.47. The third-order valence-corrected chi connectivity index (χ3v) is 2.68. The number of halogens is 2. The number of nitrogens with zero attached hydrogens (tertiary/aromatic N) is 1. The summed E-state index contributed by atoms with van der Waals surface area (Å²) in [5.74, 6) is 0.503. The number of aromatic nitrogens is 1. The number of hydrogen-bond acceptors (Lipinski definition) is 1. The van der Waals surface area contributed by atoms with Crippen LogP contribution in [-0.4, -0.2) is 4.98 Å². The van der Waals surface area contributed by atoms with E-state index in [0.29, 0.717) is 5.88 Å². The quantitative estimate of drug-likeness (QED) is 0.716. The fraction of sp³-hybridized carbons (Fsp3) is 0.0833. The van der Waals surface area contributed by atoms with E-state index < -0.39 is 0 Å². The highest BCUT2D eigenvalue weighted by molar-refractivity contribution is 6.30. The lowest BCUT2D eigenvalue weighted by molar-refractivity contribution is 1.27. The van der Waals surface area contributed by atoms with Gasteiger partial charge in [0.05, 0.1) is 5.69 Å². The summed E-state index contributed by atoms with van der Waals surface area (Å²) >= 11 is 11.6. The molecule has 1 aromatic heterocycles. The van der Waals surface area contributed by atoms with Gasteiger partial charge in [0.25, 0.3) is 0 Å². The molecule has 0 spiro atoms. The van der Waals surface area contributed by atoms with Crippen LogP contribution in [0, 0.1) is 0 Å². The van der Waals surface area contributed by atoms with Gasteiger partial charge in [-0.2, -0.15) is 0 Å². The van der Waals surface area contributed by atoms with Crippen LogP contribution < -0.4 is 0 Å². The number of pyridine rings is 1. The lowest BCUT2D eigenvalue weighted by atomic mass is 10.1. The molecule has 0 N–H and O–H groups in total. The Morgan fingerprint density at radius 2 is 1.80 bits per heavy atom. The predicted octanol–water partition coefficient (Wildman–Crippen LogP) is 4.14. The second kappa shape index (κ2) is 4.65. The standard InChI is InChI=1S/C12H9Cl2N/c13-8-9-5-6-15-12(7-9)10-1-3-11(14)4-2-10/h1-7H,8H2. The van der Waals surface area contributed by atoms with Gasteiger partial charge in [-0.05, 0) is 29.8 Å². The van der Waals surface area contributed by atoms with Crippen LogP contribution in [0.4, 0.5) is 0 Å². The maximum absolute atomic E-state index is 5.82. The van der Waals surface area contributed by atoms with Crippen molar-refractivity contribution in [2.45, 2.75) is 5.88 Å². The minimum Gasteiger partial charge on any atom is -0.256 e. The van der Waals surface area contributed by atoms with Gasteiger partial charge < -0.3 is 0 Å². The molecule has 0 bridgehead atoms. The Kier molecular flexibility index (Phi) is 3.24. The van der Waals surface area contributed by atoms with Crippen LogP contribution in [-0.2, 0) is 5.88 Å². The van der Waals surface area contributed by atoms with Crippen molar-refractivity contribution in [3.63, 3.8) is 0 Å². The van der Waals surface area contributed by atoms with E-state index in [9.17, 15) is 0 Å². The number of rotatable bonds is 2. The van der Waals surface area contributed by atoms with Crippen LogP contribution in [0.1, 0.15) is 5.56 Å². The van der Waals surface area contributed by atoms with Gasteiger partial charge in [-0.1, -0.05) is 23.7 Å². The first-order chi connectivity index (χ1) is 7.29. The van der Waals surface area contributed by atoms with Crippen LogP contribution in [0.3, 0.4) is 0 Å². The van der Waals surface area contributed by atoms with Gasteiger partial charge in [0.1, 0.15) is 0 Å². The molecule has 2 aromatic rings. The van der Waals surface area contributed by atoms with Crippen LogP contribution in [0.25, 0.3) is 11.3 Å². The summed E-state index contributed by atoms with van der Waals surface area (Å²) in [5, 5.41) is 0.729. The van der Waals surface area contributed by atoms with Gasteiger partial charge in [0.15, 0.2) is 0 Å². The van der Waals surface area contributed by atoms with Crippen LogP contribution in [0.2, 0.25) is 5.02 Å². The van der Waals surface area contributed by atoms with Crippen molar-refractivity contribution in [2.75, 3.05) is 0 Å². The summed E-state index contributed by atoms with van der Waals surface area (Å²) in [6.07, 6.45) is 1.77. The third kappa shape index (κ3) is 2.49. The molecular weight excluding hydrogens is 229 g/mol. The Hall–Kier alpha value is -1.05. The Balaban J connectivity index is 2.40. The normalized spacial score (nSPS) is 10.3. The van der Waals surface area contributed by atoms with Crippen molar-refractivity contribution in [3.05, 3.63) is 53.2 Å². The number of hydrogen-bond donors (Lipinski definition) is 0. The smallest absolute Gasteiger partial charge is 0.0705 e. The Morgan fingerprint density at radius 3 is 2.47 bits per heavy atom. The molecule has 76 valence electrons. The van der Waals surface area contributed by atoms with Crippen molar-refractivity contribution in [1.29, 1.82) is 0 Å². The largest absolute Gasteiger partial charge is 0.256 e. The average Bonchev–Trinajstić information content (AvgIpc) is 2.30. The second-order valence-corrected chi connectivity index (χ2v) is 3.89. The van der Waals surface area contributed by atoms with Crippen molar-refractivity contribution in [2.24, 2.45) is 0 Å². The number of alkyl halides is 1. The highest BCUT2D eigenvalue weighted by Crippen LogP contribution is 2.20. The first-order valence-electron chi connectivity index (χ1n) is 4.56. The molecule has 0 fully saturated rings. The molecular formula is C12H9Cl2N. The van der Waals surface area contributed by atoms with Gasteiger partial charge in [0, 0.05) is 22.7 Å². The molecule has 1 nitrogen and oxygen atoms in total. The second-order valence-electron chi connectivity index (χ2n) is 3.19. The Morgan fingerprint density at radius 1 is 1.07 bits per heavy atom. The Bertz CT molecular complexity index is 451. The van der Waals surface area contributed by atoms with Gasteiger partial charge in [0.2, 0.25) is 0 Å². The monoisotopic (exact) mass is 237 g/mol. The highest BCUT2D eigenvalue weighted by atomic mass is 35.5. The molecule has 2 rings (SSSR count). The van der Waals surface area contributed by atoms with E-state index >= 15 is 0 Å². The molecule has 3 heteroatoms. The van der Waals surface area contributed by atoms with E-state index in [1.54, 1.807) is 6.20 Å². The molecule has 0 aliphatic heterocycles. The van der Waals surface area contributed by atoms with Crippen molar-refractivity contribution in [1.82, 2.24) is 4.98 Å². The maximum Gasteiger partial charge on any atom is 0.0705 e. The molecule has 0 saturated carbocycles. The van der Waals surface area contributed by atoms with Gasteiger partial charge >= 0.3 is 0 Å². The molecule has 0 radical (unpaired) electrons. The summed E-state index contributed by atoms with van der Waals surface area (Å²) in [6, 6.07) is 11.5. The maximum atomic E-state index is 5.82. The average molecular weight is 238 g/mol. The summed E-state index contributed by atoms with van der Waals surface area (Å²) in [5.41, 5.74) is 3.04. The molecule has 15 heavy (non-hydrogen) atoms. The van der Waals surface area contributed by atoms with E-state index in [2.05, 4.69) is 4.98 Å². The van der Waals surface area contributed by atoms with Gasteiger partial charge in [-0.3, -0.25) is 4.98 Å². The first kappa shape index (κ1) is 10.5. The zero-order valence-electron chi connectivity index (χ0n) is 7.95. The summed E-state index contributed by atoms with van der Waals surface area (Å²) < 4.78 is 0. The van der Waals surface area contributed by atoms with Crippen molar-refractivity contribution in [3.8, 4) is 11.3 Å². The molecule has 0 aliphatic carbocycles. The van der Waals surface area contributed by atoms with E-state index in [1.165, 1.54) is 0 Å². The molecule has 0 amide bonds. The molecule has 0 atom stereocenters. The minimum atomic E-state index is 0.503. The topological polar surface area (TPSA) is 12.9 Å². The van der Waals surface area contributed by atoms with E-state index in [4.69, 9.17) is 23.2 Å². The lowest BCUT2D eigenvalue weighted by Gasteiger charge is -2.02. The summed E-state index contributed by atoms with van der Waals surface area (Å²) in [6.45, 7) is 0.